The summed E-state index contributed by atoms with van der Waals surface area (Å²) in [6.07, 6.45) is 0. The molecule has 2 heterocycles. The Bertz CT molecular complexity index is 706. The summed E-state index contributed by atoms with van der Waals surface area (Å²) in [4.78, 5) is 2.45. The lowest BCUT2D eigenvalue weighted by Crippen LogP contribution is -1.99. The molecule has 1 N–H and O–H groups in total. The minimum absolute atomic E-state index is 0.233. The Hall–Kier alpha value is -1.17. The SMILES string of the molecule is Fc1ccc(Br)cc1NCc1cc(-c2cccs2)cs1. The summed E-state index contributed by atoms with van der Waals surface area (Å²) in [5.74, 6) is -0.233. The summed E-state index contributed by atoms with van der Waals surface area (Å²) >= 11 is 6.77. The third-order valence-electron chi connectivity index (χ3n) is 2.84. The van der Waals surface area contributed by atoms with Gasteiger partial charge in [-0.2, -0.15) is 0 Å². The summed E-state index contributed by atoms with van der Waals surface area (Å²) in [5, 5.41) is 7.35. The van der Waals surface area contributed by atoms with Crippen molar-refractivity contribution in [2.45, 2.75) is 6.54 Å². The fourth-order valence-electron chi connectivity index (χ4n) is 1.86. The van der Waals surface area contributed by atoms with Crippen molar-refractivity contribution < 1.29 is 4.39 Å². The summed E-state index contributed by atoms with van der Waals surface area (Å²) in [5.41, 5.74) is 1.75. The van der Waals surface area contributed by atoms with Gasteiger partial charge in [0.05, 0.1) is 5.69 Å². The van der Waals surface area contributed by atoms with Gasteiger partial charge in [0.1, 0.15) is 5.82 Å². The first-order valence-electron chi connectivity index (χ1n) is 6.02. The molecule has 0 amide bonds. The molecule has 0 aliphatic rings. The zero-order valence-electron chi connectivity index (χ0n) is 10.4. The largest absolute Gasteiger partial charge is 0.378 e. The third kappa shape index (κ3) is 3.11. The average molecular weight is 368 g/mol. The summed E-state index contributed by atoms with van der Waals surface area (Å²) in [6, 6.07) is 11.2. The molecule has 0 saturated carbocycles. The van der Waals surface area contributed by atoms with E-state index in [1.165, 1.54) is 21.4 Å². The number of halogens is 2. The Kier molecular flexibility index (Phi) is 4.19. The van der Waals surface area contributed by atoms with Crippen LogP contribution in [0.15, 0.2) is 51.6 Å². The lowest BCUT2D eigenvalue weighted by Gasteiger charge is -2.06. The van der Waals surface area contributed by atoms with Crippen LogP contribution in [0.5, 0.6) is 0 Å². The first-order chi connectivity index (χ1) is 9.72. The van der Waals surface area contributed by atoms with E-state index in [1.54, 1.807) is 34.8 Å². The van der Waals surface area contributed by atoms with Crippen LogP contribution in [0.4, 0.5) is 10.1 Å². The molecule has 3 rings (SSSR count). The highest BCUT2D eigenvalue weighted by atomic mass is 79.9. The molecule has 0 aliphatic carbocycles. The molecule has 0 radical (unpaired) electrons. The average Bonchev–Trinajstić information content (AvgIpc) is 3.09. The molecule has 0 saturated heterocycles. The summed E-state index contributed by atoms with van der Waals surface area (Å²) in [7, 11) is 0. The molecule has 5 heteroatoms. The van der Waals surface area contributed by atoms with E-state index in [0.717, 1.165) is 4.47 Å². The van der Waals surface area contributed by atoms with Crippen LogP contribution in [-0.4, -0.2) is 0 Å². The van der Waals surface area contributed by atoms with Crippen LogP contribution < -0.4 is 5.32 Å². The maximum atomic E-state index is 13.6. The number of rotatable bonds is 4. The quantitative estimate of drug-likeness (QED) is 0.596. The second kappa shape index (κ2) is 6.08. The Morgan fingerprint density at radius 3 is 2.85 bits per heavy atom. The molecular weight excluding hydrogens is 357 g/mol. The number of anilines is 1. The monoisotopic (exact) mass is 367 g/mol. The summed E-state index contributed by atoms with van der Waals surface area (Å²) < 4.78 is 14.5. The van der Waals surface area contributed by atoms with Gasteiger partial charge < -0.3 is 5.32 Å². The highest BCUT2D eigenvalue weighted by Crippen LogP contribution is 2.30. The van der Waals surface area contributed by atoms with Crippen LogP contribution in [0.2, 0.25) is 0 Å². The lowest BCUT2D eigenvalue weighted by molar-refractivity contribution is 0.630. The number of benzene rings is 1. The minimum atomic E-state index is -0.233. The van der Waals surface area contributed by atoms with Gasteiger partial charge in [0.15, 0.2) is 0 Å². The lowest BCUT2D eigenvalue weighted by atomic mass is 10.2. The topological polar surface area (TPSA) is 12.0 Å². The van der Waals surface area contributed by atoms with E-state index in [4.69, 9.17) is 0 Å². The Morgan fingerprint density at radius 2 is 2.05 bits per heavy atom. The van der Waals surface area contributed by atoms with Crippen LogP contribution in [0, 0.1) is 5.82 Å². The van der Waals surface area contributed by atoms with Gasteiger partial charge in [-0.25, -0.2) is 4.39 Å². The number of hydrogen-bond acceptors (Lipinski definition) is 3. The van der Waals surface area contributed by atoms with Gasteiger partial charge in [0.25, 0.3) is 0 Å². The van der Waals surface area contributed by atoms with E-state index in [-0.39, 0.29) is 5.82 Å². The summed E-state index contributed by atoms with van der Waals surface area (Å²) in [6.45, 7) is 0.628. The molecule has 0 bridgehead atoms. The third-order valence-corrected chi connectivity index (χ3v) is 5.19. The van der Waals surface area contributed by atoms with Gasteiger partial charge in [-0.05, 0) is 41.1 Å². The van der Waals surface area contributed by atoms with E-state index >= 15 is 0 Å². The van der Waals surface area contributed by atoms with Crippen molar-refractivity contribution in [3.63, 3.8) is 0 Å². The van der Waals surface area contributed by atoms with E-state index in [2.05, 4.69) is 44.1 Å². The predicted octanol–water partition coefficient (Wildman–Crippen LogP) is 5.99. The Labute approximate surface area is 133 Å². The van der Waals surface area contributed by atoms with Crippen molar-refractivity contribution in [3.05, 3.63) is 62.3 Å². The van der Waals surface area contributed by atoms with Gasteiger partial charge in [-0.3, -0.25) is 0 Å². The second-order valence-corrected chi connectivity index (χ2v) is 7.12. The molecule has 2 aromatic heterocycles. The van der Waals surface area contributed by atoms with E-state index in [9.17, 15) is 4.39 Å². The fourth-order valence-corrected chi connectivity index (χ4v) is 3.84. The molecule has 102 valence electrons. The van der Waals surface area contributed by atoms with Crippen molar-refractivity contribution in [1.82, 2.24) is 0 Å². The Morgan fingerprint density at radius 1 is 1.15 bits per heavy atom. The van der Waals surface area contributed by atoms with Crippen molar-refractivity contribution in [2.75, 3.05) is 5.32 Å². The number of hydrogen-bond donors (Lipinski definition) is 1. The molecule has 0 atom stereocenters. The van der Waals surface area contributed by atoms with Crippen LogP contribution in [0.3, 0.4) is 0 Å². The maximum Gasteiger partial charge on any atom is 0.146 e. The molecule has 0 spiro atoms. The van der Waals surface area contributed by atoms with Crippen molar-refractivity contribution in [1.29, 1.82) is 0 Å². The minimum Gasteiger partial charge on any atom is -0.378 e. The van der Waals surface area contributed by atoms with Crippen molar-refractivity contribution in [2.24, 2.45) is 0 Å². The van der Waals surface area contributed by atoms with E-state index in [1.807, 2.05) is 6.07 Å². The van der Waals surface area contributed by atoms with Gasteiger partial charge >= 0.3 is 0 Å². The molecule has 0 unspecified atom stereocenters. The standard InChI is InChI=1S/C15H11BrFNS2/c16-11-3-4-13(17)14(7-11)18-8-12-6-10(9-20-12)15-2-1-5-19-15/h1-7,9,18H,8H2. The molecule has 0 aliphatic heterocycles. The maximum absolute atomic E-state index is 13.6. The zero-order valence-corrected chi connectivity index (χ0v) is 13.6. The zero-order chi connectivity index (χ0) is 13.9. The number of thiophene rings is 2. The molecular formula is C15H11BrFNS2. The van der Waals surface area contributed by atoms with Crippen LogP contribution in [0.1, 0.15) is 4.88 Å². The molecule has 1 aromatic carbocycles. The van der Waals surface area contributed by atoms with Crippen molar-refractivity contribution >= 4 is 44.3 Å². The molecule has 3 aromatic rings. The normalized spacial score (nSPS) is 10.7. The van der Waals surface area contributed by atoms with E-state index in [0.29, 0.717) is 12.2 Å². The van der Waals surface area contributed by atoms with Gasteiger partial charge in [0, 0.05) is 26.3 Å². The highest BCUT2D eigenvalue weighted by Gasteiger charge is 2.06. The number of nitrogens with one attached hydrogen (secondary N) is 1. The fraction of sp³-hybridized carbons (Fsp3) is 0.0667. The van der Waals surface area contributed by atoms with Gasteiger partial charge in [-0.15, -0.1) is 22.7 Å². The van der Waals surface area contributed by atoms with Crippen LogP contribution in [-0.2, 0) is 6.54 Å². The van der Waals surface area contributed by atoms with Gasteiger partial charge in [0.2, 0.25) is 0 Å². The second-order valence-electron chi connectivity index (χ2n) is 4.26. The van der Waals surface area contributed by atoms with Gasteiger partial charge in [-0.1, -0.05) is 22.0 Å². The first-order valence-corrected chi connectivity index (χ1v) is 8.58. The highest BCUT2D eigenvalue weighted by molar-refractivity contribution is 9.10. The van der Waals surface area contributed by atoms with Crippen LogP contribution >= 0.6 is 38.6 Å². The first kappa shape index (κ1) is 13.8. The molecule has 1 nitrogen and oxygen atoms in total. The predicted molar refractivity (Wildman–Crippen MR) is 89.1 cm³/mol. The smallest absolute Gasteiger partial charge is 0.146 e. The van der Waals surface area contributed by atoms with Crippen LogP contribution in [0.25, 0.3) is 10.4 Å². The molecule has 20 heavy (non-hydrogen) atoms. The van der Waals surface area contributed by atoms with E-state index < -0.39 is 0 Å². The Balaban J connectivity index is 1.71. The molecule has 0 fully saturated rings. The van der Waals surface area contributed by atoms with Crippen molar-refractivity contribution in [3.8, 4) is 10.4 Å².